The summed E-state index contributed by atoms with van der Waals surface area (Å²) < 4.78 is 2.27. The van der Waals surface area contributed by atoms with Gasteiger partial charge in [0.2, 0.25) is 0 Å². The Morgan fingerprint density at radius 3 is 2.37 bits per heavy atom. The molecule has 0 saturated carbocycles. The van der Waals surface area contributed by atoms with Crippen molar-refractivity contribution < 1.29 is 4.79 Å². The Kier molecular flexibility index (Phi) is 5.32. The highest BCUT2D eigenvalue weighted by Gasteiger charge is 2.12. The summed E-state index contributed by atoms with van der Waals surface area (Å²) in [5.41, 5.74) is 3.96. The van der Waals surface area contributed by atoms with E-state index >= 15 is 0 Å². The van der Waals surface area contributed by atoms with E-state index in [0.29, 0.717) is 12.1 Å². The van der Waals surface area contributed by atoms with Crippen molar-refractivity contribution in [1.82, 2.24) is 14.3 Å². The van der Waals surface area contributed by atoms with Gasteiger partial charge in [-0.1, -0.05) is 54.6 Å². The molecule has 1 heterocycles. The highest BCUT2D eigenvalue weighted by Crippen LogP contribution is 2.27. The van der Waals surface area contributed by atoms with Crippen LogP contribution in [0.1, 0.15) is 21.7 Å². The lowest BCUT2D eigenvalue weighted by atomic mass is 10.2. The lowest BCUT2D eigenvalue weighted by molar-refractivity contribution is 0.112. The zero-order valence-corrected chi connectivity index (χ0v) is 15.5. The van der Waals surface area contributed by atoms with Gasteiger partial charge in [-0.25, -0.2) is 9.29 Å². The minimum absolute atomic E-state index is 0.684. The van der Waals surface area contributed by atoms with Crippen LogP contribution in [0.15, 0.2) is 83.8 Å². The topological polar surface area (TPSA) is 49.0 Å². The normalized spacial score (nSPS) is 11.1. The van der Waals surface area contributed by atoms with E-state index in [2.05, 4.69) is 33.6 Å². The van der Waals surface area contributed by atoms with Gasteiger partial charge < -0.3 is 4.98 Å². The number of aromatic nitrogens is 2. The summed E-state index contributed by atoms with van der Waals surface area (Å²) in [7, 11) is 0. The Balaban J connectivity index is 1.57. The molecule has 0 amide bonds. The Morgan fingerprint density at radius 2 is 1.63 bits per heavy atom. The molecule has 0 unspecified atom stereocenters. The fourth-order valence-corrected chi connectivity index (χ4v) is 3.87. The molecule has 3 aromatic carbocycles. The van der Waals surface area contributed by atoms with Gasteiger partial charge in [0.15, 0.2) is 0 Å². The van der Waals surface area contributed by atoms with Crippen molar-refractivity contribution in [2.75, 3.05) is 0 Å². The van der Waals surface area contributed by atoms with Gasteiger partial charge in [-0.2, -0.15) is 0 Å². The molecule has 0 bridgehead atoms. The molecule has 0 aliphatic rings. The monoisotopic (exact) mass is 373 g/mol. The van der Waals surface area contributed by atoms with E-state index < -0.39 is 0 Å². The average Bonchev–Trinajstić information content (AvgIpc) is 3.11. The second kappa shape index (κ2) is 8.20. The molecule has 0 fully saturated rings. The molecule has 4 aromatic rings. The number of carbonyl (C=O) groups excluding carboxylic acids is 1. The zero-order chi connectivity index (χ0) is 18.5. The van der Waals surface area contributed by atoms with Crippen LogP contribution < -0.4 is 0 Å². The highest BCUT2D eigenvalue weighted by atomic mass is 32.2. The molecule has 0 aliphatic heterocycles. The first-order valence-corrected chi connectivity index (χ1v) is 9.53. The number of benzene rings is 3. The van der Waals surface area contributed by atoms with Crippen molar-refractivity contribution in [1.29, 1.82) is 0 Å². The van der Waals surface area contributed by atoms with Crippen molar-refractivity contribution in [2.45, 2.75) is 18.0 Å². The molecule has 4 nitrogen and oxygen atoms in total. The van der Waals surface area contributed by atoms with Crippen LogP contribution in [0.3, 0.4) is 0 Å². The number of fused-ring (bicyclic) bond motifs is 1. The van der Waals surface area contributed by atoms with E-state index in [1.54, 1.807) is 11.9 Å². The number of imidazole rings is 1. The van der Waals surface area contributed by atoms with Crippen LogP contribution in [0.4, 0.5) is 0 Å². The standard InChI is InChI=1S/C22H19N3OS/c26-16-18-10-12-19(13-11-18)27-25(14-17-6-2-1-3-7-17)15-22-23-20-8-4-5-9-21(20)24-22/h1-13,16H,14-15H2,(H,23,24). The van der Waals surface area contributed by atoms with Gasteiger partial charge >= 0.3 is 0 Å². The number of nitrogens with zero attached hydrogens (tertiary/aromatic N) is 2. The van der Waals surface area contributed by atoms with Crippen LogP contribution in [-0.4, -0.2) is 20.6 Å². The van der Waals surface area contributed by atoms with Crippen molar-refractivity contribution in [3.05, 3.63) is 95.8 Å². The summed E-state index contributed by atoms with van der Waals surface area (Å²) in [6, 6.07) is 26.1. The Morgan fingerprint density at radius 1 is 0.889 bits per heavy atom. The molecule has 0 aliphatic carbocycles. The van der Waals surface area contributed by atoms with Crippen molar-refractivity contribution >= 4 is 29.3 Å². The van der Waals surface area contributed by atoms with Crippen LogP contribution in [0, 0.1) is 0 Å². The van der Waals surface area contributed by atoms with E-state index in [4.69, 9.17) is 4.98 Å². The molecular weight excluding hydrogens is 354 g/mol. The molecule has 0 atom stereocenters. The zero-order valence-electron chi connectivity index (χ0n) is 14.7. The number of nitrogens with one attached hydrogen (secondary N) is 1. The van der Waals surface area contributed by atoms with Gasteiger partial charge in [-0.05, 0) is 41.8 Å². The minimum Gasteiger partial charge on any atom is -0.341 e. The first-order chi connectivity index (χ1) is 13.3. The molecule has 0 saturated heterocycles. The number of rotatable bonds is 7. The summed E-state index contributed by atoms with van der Waals surface area (Å²) in [5, 5.41) is 0. The molecule has 4 rings (SSSR count). The van der Waals surface area contributed by atoms with E-state index in [1.807, 2.05) is 54.6 Å². The maximum Gasteiger partial charge on any atom is 0.150 e. The third kappa shape index (κ3) is 4.45. The minimum atomic E-state index is 0.684. The first kappa shape index (κ1) is 17.5. The van der Waals surface area contributed by atoms with Crippen LogP contribution in [0.2, 0.25) is 0 Å². The summed E-state index contributed by atoms with van der Waals surface area (Å²) in [6.07, 6.45) is 0.866. The van der Waals surface area contributed by atoms with Crippen molar-refractivity contribution in [2.24, 2.45) is 0 Å². The van der Waals surface area contributed by atoms with Crippen LogP contribution in [-0.2, 0) is 13.1 Å². The van der Waals surface area contributed by atoms with Crippen molar-refractivity contribution in [3.8, 4) is 0 Å². The number of H-pyrrole nitrogens is 1. The number of hydrogen-bond acceptors (Lipinski definition) is 4. The van der Waals surface area contributed by atoms with Crippen molar-refractivity contribution in [3.63, 3.8) is 0 Å². The van der Waals surface area contributed by atoms with E-state index in [1.165, 1.54) is 5.56 Å². The summed E-state index contributed by atoms with van der Waals surface area (Å²) >= 11 is 1.66. The molecule has 0 radical (unpaired) electrons. The van der Waals surface area contributed by atoms with Gasteiger partial charge in [0.05, 0.1) is 17.6 Å². The fourth-order valence-electron chi connectivity index (χ4n) is 2.91. The van der Waals surface area contributed by atoms with E-state index in [9.17, 15) is 4.79 Å². The van der Waals surface area contributed by atoms with E-state index in [-0.39, 0.29) is 0 Å². The molecular formula is C22H19N3OS. The van der Waals surface area contributed by atoms with Gasteiger partial charge in [0.1, 0.15) is 12.1 Å². The third-order valence-electron chi connectivity index (χ3n) is 4.22. The molecule has 0 spiro atoms. The molecule has 134 valence electrons. The SMILES string of the molecule is O=Cc1ccc(SN(Cc2ccccc2)Cc2nc3ccccc3[nH]2)cc1. The van der Waals surface area contributed by atoms with Gasteiger partial charge in [0, 0.05) is 17.0 Å². The quantitative estimate of drug-likeness (QED) is 0.362. The predicted octanol–water partition coefficient (Wildman–Crippen LogP) is 5.08. The molecule has 5 heteroatoms. The third-order valence-corrected chi connectivity index (χ3v) is 5.22. The average molecular weight is 373 g/mol. The van der Waals surface area contributed by atoms with Crippen LogP contribution >= 0.6 is 11.9 Å². The van der Waals surface area contributed by atoms with Gasteiger partial charge in [-0.3, -0.25) is 4.79 Å². The molecule has 27 heavy (non-hydrogen) atoms. The van der Waals surface area contributed by atoms with Crippen LogP contribution in [0.25, 0.3) is 11.0 Å². The number of hydrogen-bond donors (Lipinski definition) is 1. The number of aromatic amines is 1. The van der Waals surface area contributed by atoms with Gasteiger partial charge in [-0.15, -0.1) is 0 Å². The second-order valence-corrected chi connectivity index (χ2v) is 7.43. The number of para-hydroxylation sites is 2. The second-order valence-electron chi connectivity index (χ2n) is 6.26. The number of aldehydes is 1. The lowest BCUT2D eigenvalue weighted by Crippen LogP contribution is -2.15. The molecule has 1 aromatic heterocycles. The van der Waals surface area contributed by atoms with Crippen LogP contribution in [0.5, 0.6) is 0 Å². The van der Waals surface area contributed by atoms with Gasteiger partial charge in [0.25, 0.3) is 0 Å². The largest absolute Gasteiger partial charge is 0.341 e. The van der Waals surface area contributed by atoms with E-state index in [0.717, 1.165) is 34.6 Å². The Hall–Kier alpha value is -2.89. The fraction of sp³-hybridized carbons (Fsp3) is 0.0909. The Labute approximate surface area is 162 Å². The maximum atomic E-state index is 10.9. The summed E-state index contributed by atoms with van der Waals surface area (Å²) in [4.78, 5) is 20.1. The summed E-state index contributed by atoms with van der Waals surface area (Å²) in [5.74, 6) is 0.934. The summed E-state index contributed by atoms with van der Waals surface area (Å²) in [6.45, 7) is 1.47. The lowest BCUT2D eigenvalue weighted by Gasteiger charge is -2.20. The first-order valence-electron chi connectivity index (χ1n) is 8.76. The molecule has 1 N–H and O–H groups in total. The predicted molar refractivity (Wildman–Crippen MR) is 109 cm³/mol. The maximum absolute atomic E-state index is 10.9. The Bertz CT molecular complexity index is 995. The smallest absolute Gasteiger partial charge is 0.150 e. The highest BCUT2D eigenvalue weighted by molar-refractivity contribution is 7.97. The number of carbonyl (C=O) groups is 1.